The average molecular weight is 237 g/mol. The Balaban J connectivity index is 1.86. The van der Waals surface area contributed by atoms with E-state index in [1.54, 1.807) is 13.2 Å². The zero-order chi connectivity index (χ0) is 12.3. The number of hydrogen-bond donors (Lipinski definition) is 3. The average Bonchev–Trinajstić information content (AvgIpc) is 2.29. The number of ether oxygens (including phenoxy) is 1. The van der Waals surface area contributed by atoms with Crippen LogP contribution in [0.5, 0.6) is 11.5 Å². The number of phenolic OH excluding ortho intramolecular Hbond substituents is 1. The van der Waals surface area contributed by atoms with Crippen LogP contribution in [0.1, 0.15) is 24.8 Å². The summed E-state index contributed by atoms with van der Waals surface area (Å²) in [6, 6.07) is 5.23. The molecule has 0 bridgehead atoms. The molecule has 0 amide bonds. The van der Waals surface area contributed by atoms with Gasteiger partial charge in [0.05, 0.1) is 12.7 Å². The predicted octanol–water partition coefficient (Wildman–Crippen LogP) is 1.41. The molecule has 94 valence electrons. The van der Waals surface area contributed by atoms with Crippen LogP contribution in [0.25, 0.3) is 0 Å². The minimum absolute atomic E-state index is 0.220. The van der Waals surface area contributed by atoms with Crippen LogP contribution in [-0.2, 0) is 6.54 Å². The van der Waals surface area contributed by atoms with Crippen molar-refractivity contribution in [1.29, 1.82) is 0 Å². The number of aromatic hydroxyl groups is 1. The second-order valence-corrected chi connectivity index (χ2v) is 4.68. The van der Waals surface area contributed by atoms with Crippen molar-refractivity contribution in [3.05, 3.63) is 23.8 Å². The Hall–Kier alpha value is -1.26. The van der Waals surface area contributed by atoms with E-state index < -0.39 is 5.60 Å². The molecular weight excluding hydrogens is 218 g/mol. The Bertz CT molecular complexity index is 388. The maximum atomic E-state index is 9.89. The van der Waals surface area contributed by atoms with Crippen LogP contribution < -0.4 is 10.1 Å². The summed E-state index contributed by atoms with van der Waals surface area (Å²) < 4.78 is 5.01. The first kappa shape index (κ1) is 12.2. The molecule has 2 rings (SSSR count). The van der Waals surface area contributed by atoms with Gasteiger partial charge in [0.25, 0.3) is 0 Å². The third-order valence-electron chi connectivity index (χ3n) is 3.35. The topological polar surface area (TPSA) is 61.7 Å². The molecule has 4 heteroatoms. The van der Waals surface area contributed by atoms with Crippen molar-refractivity contribution < 1.29 is 14.9 Å². The van der Waals surface area contributed by atoms with E-state index >= 15 is 0 Å². The summed E-state index contributed by atoms with van der Waals surface area (Å²) in [4.78, 5) is 0. The van der Waals surface area contributed by atoms with Gasteiger partial charge in [-0.25, -0.2) is 0 Å². The van der Waals surface area contributed by atoms with E-state index in [2.05, 4.69) is 5.32 Å². The molecule has 1 saturated carbocycles. The molecule has 0 unspecified atom stereocenters. The Morgan fingerprint density at radius 3 is 2.71 bits per heavy atom. The number of aliphatic hydroxyl groups is 1. The molecule has 1 aromatic rings. The van der Waals surface area contributed by atoms with Crippen LogP contribution in [0.3, 0.4) is 0 Å². The zero-order valence-electron chi connectivity index (χ0n) is 10.1. The van der Waals surface area contributed by atoms with Gasteiger partial charge >= 0.3 is 0 Å². The normalized spacial score (nSPS) is 17.5. The highest BCUT2D eigenvalue weighted by Crippen LogP contribution is 2.31. The Labute approximate surface area is 101 Å². The third kappa shape index (κ3) is 2.90. The molecule has 4 nitrogen and oxygen atoms in total. The van der Waals surface area contributed by atoms with E-state index in [0.29, 0.717) is 18.8 Å². The fourth-order valence-electron chi connectivity index (χ4n) is 2.01. The van der Waals surface area contributed by atoms with Gasteiger partial charge in [0, 0.05) is 24.7 Å². The number of benzene rings is 1. The lowest BCUT2D eigenvalue weighted by atomic mass is 9.80. The van der Waals surface area contributed by atoms with Gasteiger partial charge < -0.3 is 20.3 Å². The second kappa shape index (κ2) is 4.94. The first-order valence-corrected chi connectivity index (χ1v) is 5.92. The molecular formula is C13H19NO3. The molecule has 0 atom stereocenters. The molecule has 1 aliphatic carbocycles. The van der Waals surface area contributed by atoms with Crippen LogP contribution in [0.15, 0.2) is 18.2 Å². The maximum Gasteiger partial charge on any atom is 0.123 e. The SMILES string of the molecule is COc1ccc(CNCC2(O)CCC2)c(O)c1. The van der Waals surface area contributed by atoms with Gasteiger partial charge in [-0.2, -0.15) is 0 Å². The standard InChI is InChI=1S/C13H19NO3/c1-17-11-4-3-10(12(15)7-11)8-14-9-13(16)5-2-6-13/h3-4,7,14-16H,2,5-6,8-9H2,1H3. The van der Waals surface area contributed by atoms with Gasteiger partial charge in [-0.05, 0) is 25.3 Å². The fraction of sp³-hybridized carbons (Fsp3) is 0.538. The molecule has 1 aromatic carbocycles. The molecule has 3 N–H and O–H groups in total. The van der Waals surface area contributed by atoms with Crippen molar-refractivity contribution in [2.75, 3.05) is 13.7 Å². The summed E-state index contributed by atoms with van der Waals surface area (Å²) in [6.07, 6.45) is 2.84. The van der Waals surface area contributed by atoms with Gasteiger partial charge in [0.1, 0.15) is 11.5 Å². The summed E-state index contributed by atoms with van der Waals surface area (Å²) in [5.74, 6) is 0.862. The van der Waals surface area contributed by atoms with E-state index in [9.17, 15) is 10.2 Å². The summed E-state index contributed by atoms with van der Waals surface area (Å²) in [5, 5.41) is 22.8. The Morgan fingerprint density at radius 1 is 1.41 bits per heavy atom. The molecule has 0 spiro atoms. The number of nitrogens with one attached hydrogen (secondary N) is 1. The van der Waals surface area contributed by atoms with Crippen molar-refractivity contribution in [3.8, 4) is 11.5 Å². The lowest BCUT2D eigenvalue weighted by molar-refractivity contribution is -0.0315. The third-order valence-corrected chi connectivity index (χ3v) is 3.35. The number of rotatable bonds is 5. The quantitative estimate of drug-likeness (QED) is 0.724. The van der Waals surface area contributed by atoms with Gasteiger partial charge in [0.15, 0.2) is 0 Å². The van der Waals surface area contributed by atoms with Gasteiger partial charge in [0.2, 0.25) is 0 Å². The number of methoxy groups -OCH3 is 1. The molecule has 1 fully saturated rings. The lowest BCUT2D eigenvalue weighted by Gasteiger charge is -2.36. The predicted molar refractivity (Wildman–Crippen MR) is 65.2 cm³/mol. The lowest BCUT2D eigenvalue weighted by Crippen LogP contribution is -2.45. The van der Waals surface area contributed by atoms with Crippen molar-refractivity contribution in [2.45, 2.75) is 31.4 Å². The van der Waals surface area contributed by atoms with Gasteiger partial charge in [-0.15, -0.1) is 0 Å². The zero-order valence-corrected chi connectivity index (χ0v) is 10.1. The summed E-state index contributed by atoms with van der Waals surface area (Å²) in [7, 11) is 1.57. The van der Waals surface area contributed by atoms with Crippen molar-refractivity contribution in [2.24, 2.45) is 0 Å². The largest absolute Gasteiger partial charge is 0.507 e. The highest BCUT2D eigenvalue weighted by atomic mass is 16.5. The molecule has 17 heavy (non-hydrogen) atoms. The van der Waals surface area contributed by atoms with E-state index in [4.69, 9.17) is 4.74 Å². The highest BCUT2D eigenvalue weighted by molar-refractivity contribution is 5.39. The van der Waals surface area contributed by atoms with Gasteiger partial charge in [-0.3, -0.25) is 0 Å². The number of phenols is 1. The van der Waals surface area contributed by atoms with Crippen molar-refractivity contribution in [1.82, 2.24) is 5.32 Å². The van der Waals surface area contributed by atoms with Crippen LogP contribution in [0.4, 0.5) is 0 Å². The van der Waals surface area contributed by atoms with Crippen LogP contribution in [0.2, 0.25) is 0 Å². The first-order chi connectivity index (χ1) is 8.13. The van der Waals surface area contributed by atoms with Crippen LogP contribution >= 0.6 is 0 Å². The smallest absolute Gasteiger partial charge is 0.123 e. The minimum atomic E-state index is -0.526. The van der Waals surface area contributed by atoms with E-state index in [1.807, 2.05) is 12.1 Å². The molecule has 1 aliphatic rings. The Morgan fingerprint density at radius 2 is 2.18 bits per heavy atom. The molecule has 0 saturated heterocycles. The minimum Gasteiger partial charge on any atom is -0.507 e. The molecule has 0 aliphatic heterocycles. The van der Waals surface area contributed by atoms with Crippen molar-refractivity contribution >= 4 is 0 Å². The number of hydrogen-bond acceptors (Lipinski definition) is 4. The maximum absolute atomic E-state index is 9.89. The first-order valence-electron chi connectivity index (χ1n) is 5.92. The Kier molecular flexibility index (Phi) is 3.54. The summed E-state index contributed by atoms with van der Waals surface area (Å²) in [5.41, 5.74) is 0.288. The van der Waals surface area contributed by atoms with E-state index in [-0.39, 0.29) is 5.75 Å². The molecule has 0 radical (unpaired) electrons. The monoisotopic (exact) mass is 237 g/mol. The fourth-order valence-corrected chi connectivity index (χ4v) is 2.01. The van der Waals surface area contributed by atoms with Crippen LogP contribution in [0, 0.1) is 0 Å². The van der Waals surface area contributed by atoms with E-state index in [1.165, 1.54) is 0 Å². The second-order valence-electron chi connectivity index (χ2n) is 4.68. The van der Waals surface area contributed by atoms with Crippen LogP contribution in [-0.4, -0.2) is 29.5 Å². The summed E-state index contributed by atoms with van der Waals surface area (Å²) in [6.45, 7) is 1.14. The van der Waals surface area contributed by atoms with Crippen molar-refractivity contribution in [3.63, 3.8) is 0 Å². The molecule has 0 heterocycles. The summed E-state index contributed by atoms with van der Waals surface area (Å²) >= 11 is 0. The molecule has 0 aromatic heterocycles. The van der Waals surface area contributed by atoms with Gasteiger partial charge in [-0.1, -0.05) is 6.07 Å². The highest BCUT2D eigenvalue weighted by Gasteiger charge is 2.33. The van der Waals surface area contributed by atoms with E-state index in [0.717, 1.165) is 24.8 Å².